The molecule has 20 heavy (non-hydrogen) atoms. The van der Waals surface area contributed by atoms with Crippen LogP contribution in [0.2, 0.25) is 0 Å². The molecule has 3 atom stereocenters. The maximum absolute atomic E-state index is 9.71. The molecule has 0 aromatic carbocycles. The molecule has 0 aromatic heterocycles. The highest BCUT2D eigenvalue weighted by Crippen LogP contribution is 2.20. The maximum Gasteiger partial charge on any atom is 0.0611 e. The summed E-state index contributed by atoms with van der Waals surface area (Å²) in [4.78, 5) is 5.07. The normalized spacial score (nSPS) is 26.4. The van der Waals surface area contributed by atoms with Crippen molar-refractivity contribution < 1.29 is 5.11 Å². The number of nitrogens with zero attached hydrogens (tertiary/aromatic N) is 2. The highest BCUT2D eigenvalue weighted by Gasteiger charge is 2.31. The largest absolute Gasteiger partial charge is 0.394 e. The minimum absolute atomic E-state index is 0.152. The fraction of sp³-hybridized carbons (Fsp3) is 1.00. The summed E-state index contributed by atoms with van der Waals surface area (Å²) in [6.45, 7) is 13.5. The molecule has 0 amide bonds. The van der Waals surface area contributed by atoms with E-state index in [-0.39, 0.29) is 12.1 Å². The number of likely N-dealkylation sites (N-methyl/N-ethyl adjacent to an activating group) is 1. The molecular weight excluding hydrogens is 250 g/mol. The van der Waals surface area contributed by atoms with Gasteiger partial charge >= 0.3 is 0 Å². The molecule has 0 radical (unpaired) electrons. The minimum atomic E-state index is -0.152. The van der Waals surface area contributed by atoms with E-state index in [9.17, 15) is 5.11 Å². The second kappa shape index (κ2) is 8.32. The molecule has 1 rings (SSSR count). The van der Waals surface area contributed by atoms with Crippen LogP contribution in [-0.4, -0.2) is 72.4 Å². The Hall–Kier alpha value is -0.160. The Morgan fingerprint density at radius 3 is 2.60 bits per heavy atom. The van der Waals surface area contributed by atoms with E-state index >= 15 is 0 Å². The first-order chi connectivity index (χ1) is 9.45. The summed E-state index contributed by atoms with van der Waals surface area (Å²) in [5, 5.41) is 13.2. The van der Waals surface area contributed by atoms with Gasteiger partial charge in [0, 0.05) is 37.3 Å². The van der Waals surface area contributed by atoms with Gasteiger partial charge in [-0.15, -0.1) is 0 Å². The Balaban J connectivity index is 2.54. The Morgan fingerprint density at radius 2 is 2.05 bits per heavy atom. The van der Waals surface area contributed by atoms with Crippen molar-refractivity contribution in [3.63, 3.8) is 0 Å². The van der Waals surface area contributed by atoms with Crippen molar-refractivity contribution in [2.75, 3.05) is 39.8 Å². The number of nitrogens with one attached hydrogen (secondary N) is 1. The highest BCUT2D eigenvalue weighted by molar-refractivity contribution is 4.89. The molecule has 1 fully saturated rings. The van der Waals surface area contributed by atoms with Crippen molar-refractivity contribution in [2.45, 2.75) is 64.6 Å². The standard InChI is InChI=1S/C16H35N3O/c1-6-8-17-16(4,13-20)11-14(3)19-10-9-18(5)15(7-2)12-19/h14-15,17,20H,6-13H2,1-5H3. The zero-order valence-electron chi connectivity index (χ0n) is 14.2. The molecule has 0 aliphatic carbocycles. The highest BCUT2D eigenvalue weighted by atomic mass is 16.3. The van der Waals surface area contributed by atoms with E-state index in [0.717, 1.165) is 39.0 Å². The molecular formula is C16H35N3O. The predicted octanol–water partition coefficient (Wildman–Crippen LogP) is 1.54. The zero-order valence-corrected chi connectivity index (χ0v) is 14.2. The molecule has 1 aliphatic rings. The third-order valence-electron chi connectivity index (χ3n) is 4.80. The van der Waals surface area contributed by atoms with Gasteiger partial charge in [-0.1, -0.05) is 13.8 Å². The third-order valence-corrected chi connectivity index (χ3v) is 4.80. The van der Waals surface area contributed by atoms with Gasteiger partial charge in [0.15, 0.2) is 0 Å². The van der Waals surface area contributed by atoms with Gasteiger partial charge in [-0.2, -0.15) is 0 Å². The van der Waals surface area contributed by atoms with Crippen LogP contribution in [0.1, 0.15) is 47.0 Å². The van der Waals surface area contributed by atoms with Crippen molar-refractivity contribution in [1.82, 2.24) is 15.1 Å². The van der Waals surface area contributed by atoms with E-state index < -0.39 is 0 Å². The Bertz CT molecular complexity index is 274. The van der Waals surface area contributed by atoms with Gasteiger partial charge in [0.1, 0.15) is 0 Å². The molecule has 0 spiro atoms. The lowest BCUT2D eigenvalue weighted by molar-refractivity contribution is 0.0472. The summed E-state index contributed by atoms with van der Waals surface area (Å²) in [6.07, 6.45) is 3.32. The van der Waals surface area contributed by atoms with Gasteiger partial charge in [0.2, 0.25) is 0 Å². The van der Waals surface area contributed by atoms with Crippen LogP contribution in [0, 0.1) is 0 Å². The third kappa shape index (κ3) is 4.99. The molecule has 2 N–H and O–H groups in total. The van der Waals surface area contributed by atoms with E-state index in [1.54, 1.807) is 0 Å². The lowest BCUT2D eigenvalue weighted by atomic mass is 9.92. The summed E-state index contributed by atoms with van der Waals surface area (Å²) in [5.41, 5.74) is -0.152. The van der Waals surface area contributed by atoms with Crippen molar-refractivity contribution >= 4 is 0 Å². The first-order valence-electron chi connectivity index (χ1n) is 8.26. The van der Waals surface area contributed by atoms with Crippen LogP contribution in [-0.2, 0) is 0 Å². The van der Waals surface area contributed by atoms with Crippen LogP contribution in [0.3, 0.4) is 0 Å². The topological polar surface area (TPSA) is 38.7 Å². The summed E-state index contributed by atoms with van der Waals surface area (Å²) >= 11 is 0. The van der Waals surface area contributed by atoms with E-state index in [4.69, 9.17) is 0 Å². The lowest BCUT2D eigenvalue weighted by Gasteiger charge is -2.44. The number of hydrogen-bond acceptors (Lipinski definition) is 4. The van der Waals surface area contributed by atoms with Crippen molar-refractivity contribution in [1.29, 1.82) is 0 Å². The molecule has 0 bridgehead atoms. The van der Waals surface area contributed by atoms with E-state index in [0.29, 0.717) is 12.1 Å². The number of piperazine rings is 1. The van der Waals surface area contributed by atoms with Gasteiger partial charge in [0.05, 0.1) is 6.61 Å². The Kier molecular flexibility index (Phi) is 7.45. The van der Waals surface area contributed by atoms with Crippen LogP contribution in [0.15, 0.2) is 0 Å². The number of rotatable bonds is 8. The molecule has 120 valence electrons. The average molecular weight is 285 g/mol. The monoisotopic (exact) mass is 285 g/mol. The van der Waals surface area contributed by atoms with Crippen molar-refractivity contribution in [2.24, 2.45) is 0 Å². The molecule has 3 unspecified atom stereocenters. The summed E-state index contributed by atoms with van der Waals surface area (Å²) in [7, 11) is 2.23. The predicted molar refractivity (Wildman–Crippen MR) is 86.1 cm³/mol. The number of aliphatic hydroxyl groups is 1. The second-order valence-electron chi connectivity index (χ2n) is 6.74. The van der Waals surface area contributed by atoms with Gasteiger partial charge in [-0.3, -0.25) is 4.90 Å². The molecule has 4 nitrogen and oxygen atoms in total. The maximum atomic E-state index is 9.71. The van der Waals surface area contributed by atoms with Crippen molar-refractivity contribution in [3.05, 3.63) is 0 Å². The Morgan fingerprint density at radius 1 is 1.35 bits per heavy atom. The second-order valence-corrected chi connectivity index (χ2v) is 6.74. The number of aliphatic hydroxyl groups excluding tert-OH is 1. The average Bonchev–Trinajstić information content (AvgIpc) is 2.45. The molecule has 4 heteroatoms. The number of hydrogen-bond donors (Lipinski definition) is 2. The summed E-state index contributed by atoms with van der Waals surface area (Å²) < 4.78 is 0. The SMILES string of the molecule is CCCNC(C)(CO)CC(C)N1CCN(C)C(CC)C1. The first kappa shape index (κ1) is 17.9. The van der Waals surface area contributed by atoms with Gasteiger partial charge in [0.25, 0.3) is 0 Å². The summed E-state index contributed by atoms with van der Waals surface area (Å²) in [6, 6.07) is 1.19. The lowest BCUT2D eigenvalue weighted by Crippen LogP contribution is -2.56. The van der Waals surface area contributed by atoms with Crippen LogP contribution >= 0.6 is 0 Å². The van der Waals surface area contributed by atoms with E-state index in [1.807, 2.05) is 0 Å². The van der Waals surface area contributed by atoms with Crippen LogP contribution in [0.5, 0.6) is 0 Å². The van der Waals surface area contributed by atoms with E-state index in [1.165, 1.54) is 6.42 Å². The van der Waals surface area contributed by atoms with Crippen molar-refractivity contribution in [3.8, 4) is 0 Å². The molecule has 1 aliphatic heterocycles. The molecule has 0 saturated carbocycles. The fourth-order valence-corrected chi connectivity index (χ4v) is 3.21. The minimum Gasteiger partial charge on any atom is -0.394 e. The van der Waals surface area contributed by atoms with Crippen LogP contribution < -0.4 is 5.32 Å². The summed E-state index contributed by atoms with van der Waals surface area (Å²) in [5.74, 6) is 0. The van der Waals surface area contributed by atoms with Gasteiger partial charge in [-0.25, -0.2) is 0 Å². The zero-order chi connectivity index (χ0) is 15.2. The molecule has 1 heterocycles. The van der Waals surface area contributed by atoms with Gasteiger partial charge < -0.3 is 15.3 Å². The van der Waals surface area contributed by atoms with E-state index in [2.05, 4.69) is 49.9 Å². The first-order valence-corrected chi connectivity index (χ1v) is 8.26. The van der Waals surface area contributed by atoms with Crippen LogP contribution in [0.25, 0.3) is 0 Å². The quantitative estimate of drug-likeness (QED) is 0.710. The molecule has 0 aromatic rings. The molecule has 1 saturated heterocycles. The van der Waals surface area contributed by atoms with Crippen LogP contribution in [0.4, 0.5) is 0 Å². The van der Waals surface area contributed by atoms with Gasteiger partial charge in [-0.05, 0) is 46.7 Å². The Labute approximate surface area is 125 Å². The smallest absolute Gasteiger partial charge is 0.0611 e. The fourth-order valence-electron chi connectivity index (χ4n) is 3.21.